The smallest absolute Gasteiger partial charge is 0.343 e. The lowest BCUT2D eigenvalue weighted by Gasteiger charge is -2.42. The predicted molar refractivity (Wildman–Crippen MR) is 150 cm³/mol. The zero-order chi connectivity index (χ0) is 27.1. The minimum Gasteiger partial charge on any atom is -0.423 e. The molecule has 1 saturated heterocycles. The van der Waals surface area contributed by atoms with Gasteiger partial charge in [-0.15, -0.1) is 0 Å². The van der Waals surface area contributed by atoms with Crippen LogP contribution in [0.2, 0.25) is 0 Å². The summed E-state index contributed by atoms with van der Waals surface area (Å²) >= 11 is 0. The highest BCUT2D eigenvalue weighted by molar-refractivity contribution is 5.91. The van der Waals surface area contributed by atoms with Gasteiger partial charge in [-0.05, 0) is 73.8 Å². The van der Waals surface area contributed by atoms with Gasteiger partial charge >= 0.3 is 5.97 Å². The van der Waals surface area contributed by atoms with Crippen molar-refractivity contribution in [3.63, 3.8) is 0 Å². The molecule has 0 bridgehead atoms. The number of hydrogen-bond donors (Lipinski definition) is 2. The average molecular weight is 517 g/mol. The third-order valence-electron chi connectivity index (χ3n) is 7.89. The van der Waals surface area contributed by atoms with E-state index in [4.69, 9.17) is 4.74 Å². The summed E-state index contributed by atoms with van der Waals surface area (Å²) in [6.45, 7) is 10.5. The number of esters is 1. The molecule has 3 aromatic rings. The van der Waals surface area contributed by atoms with Crippen LogP contribution in [0.1, 0.15) is 66.8 Å². The quantitative estimate of drug-likeness (QED) is 0.287. The van der Waals surface area contributed by atoms with Crippen molar-refractivity contribution in [3.05, 3.63) is 101 Å². The van der Waals surface area contributed by atoms with Gasteiger partial charge in [0.2, 0.25) is 0 Å². The van der Waals surface area contributed by atoms with Crippen LogP contribution in [0, 0.1) is 0 Å². The van der Waals surface area contributed by atoms with Crippen molar-refractivity contribution in [1.29, 1.82) is 0 Å². The molecule has 3 aromatic carbocycles. The van der Waals surface area contributed by atoms with E-state index in [2.05, 4.69) is 23.6 Å². The number of ether oxygens (including phenoxy) is 1. The second-order valence-electron chi connectivity index (χ2n) is 10.2. The minimum atomic E-state index is -0.820. The van der Waals surface area contributed by atoms with Gasteiger partial charge in [0.1, 0.15) is 5.75 Å². The maximum atomic E-state index is 12.6. The van der Waals surface area contributed by atoms with Crippen molar-refractivity contribution in [2.75, 3.05) is 26.2 Å². The van der Waals surface area contributed by atoms with E-state index in [0.29, 0.717) is 37.2 Å². The molecule has 6 heteroatoms. The van der Waals surface area contributed by atoms with Crippen molar-refractivity contribution >= 4 is 5.97 Å². The molecule has 0 unspecified atom stereocenters. The number of aliphatic hydroxyl groups is 2. The van der Waals surface area contributed by atoms with Crippen LogP contribution in [-0.2, 0) is 12.1 Å². The summed E-state index contributed by atoms with van der Waals surface area (Å²) in [7, 11) is 0. The van der Waals surface area contributed by atoms with Gasteiger partial charge < -0.3 is 14.9 Å². The van der Waals surface area contributed by atoms with Crippen LogP contribution in [0.5, 0.6) is 5.75 Å². The van der Waals surface area contributed by atoms with Crippen molar-refractivity contribution < 1.29 is 19.7 Å². The Labute approximate surface area is 226 Å². The molecule has 1 aliphatic heterocycles. The van der Waals surface area contributed by atoms with Crippen molar-refractivity contribution in [2.24, 2.45) is 0 Å². The number of likely N-dealkylation sites (tertiary alicyclic amines) is 1. The molecule has 0 radical (unpaired) electrons. The Kier molecular flexibility index (Phi) is 9.34. The monoisotopic (exact) mass is 516 g/mol. The standard InChI is InChI=1S/C32H40N2O4/c1-4-33(5-2)23-25-11-13-27(14-12-25)31(36)38-29-17-15-26(16-18-29)30(35)24(3)34-21-19-32(37,20-22-34)28-9-7-6-8-10-28/h6-18,24,30,35,37H,4-5,19-23H2,1-3H3/t24-,30-/m0/s1. The summed E-state index contributed by atoms with van der Waals surface area (Å²) in [4.78, 5) is 17.2. The highest BCUT2D eigenvalue weighted by Gasteiger charge is 2.36. The van der Waals surface area contributed by atoms with E-state index in [0.717, 1.165) is 36.3 Å². The van der Waals surface area contributed by atoms with Crippen molar-refractivity contribution in [1.82, 2.24) is 9.80 Å². The Bertz CT molecular complexity index is 1150. The molecule has 2 atom stereocenters. The van der Waals surface area contributed by atoms with Gasteiger partial charge in [-0.25, -0.2) is 4.79 Å². The molecule has 0 aliphatic carbocycles. The van der Waals surface area contributed by atoms with E-state index in [1.165, 1.54) is 0 Å². The topological polar surface area (TPSA) is 73.2 Å². The van der Waals surface area contributed by atoms with E-state index in [1.807, 2.05) is 49.4 Å². The number of nitrogens with zero attached hydrogens (tertiary/aromatic N) is 2. The van der Waals surface area contributed by atoms with Crippen LogP contribution < -0.4 is 4.74 Å². The van der Waals surface area contributed by atoms with Gasteiger partial charge in [0, 0.05) is 25.7 Å². The van der Waals surface area contributed by atoms with Crippen molar-refractivity contribution in [2.45, 2.75) is 57.9 Å². The van der Waals surface area contributed by atoms with Crippen LogP contribution in [0.15, 0.2) is 78.9 Å². The number of carbonyl (C=O) groups excluding carboxylic acids is 1. The van der Waals surface area contributed by atoms with Crippen LogP contribution >= 0.6 is 0 Å². The predicted octanol–water partition coefficient (Wildman–Crippen LogP) is 5.15. The fraction of sp³-hybridized carbons (Fsp3) is 0.406. The van der Waals surface area contributed by atoms with Gasteiger partial charge in [-0.2, -0.15) is 0 Å². The molecule has 1 fully saturated rings. The Morgan fingerprint density at radius 2 is 1.55 bits per heavy atom. The minimum absolute atomic E-state index is 0.112. The third-order valence-corrected chi connectivity index (χ3v) is 7.89. The summed E-state index contributed by atoms with van der Waals surface area (Å²) in [6, 6.07) is 24.3. The number of carbonyl (C=O) groups is 1. The van der Waals surface area contributed by atoms with E-state index < -0.39 is 17.7 Å². The second kappa shape index (κ2) is 12.7. The van der Waals surface area contributed by atoms with Crippen LogP contribution in [0.25, 0.3) is 0 Å². The fourth-order valence-electron chi connectivity index (χ4n) is 5.17. The fourth-order valence-corrected chi connectivity index (χ4v) is 5.17. The number of rotatable bonds is 10. The van der Waals surface area contributed by atoms with Crippen LogP contribution in [0.3, 0.4) is 0 Å². The van der Waals surface area contributed by atoms with Crippen molar-refractivity contribution in [3.8, 4) is 5.75 Å². The molecule has 202 valence electrons. The van der Waals surface area contributed by atoms with E-state index in [1.54, 1.807) is 36.4 Å². The molecule has 4 rings (SSSR count). The normalized spacial score (nSPS) is 17.2. The Morgan fingerprint density at radius 3 is 2.13 bits per heavy atom. The molecule has 0 saturated carbocycles. The zero-order valence-corrected chi connectivity index (χ0v) is 22.7. The lowest BCUT2D eigenvalue weighted by atomic mass is 9.83. The van der Waals surface area contributed by atoms with Gasteiger partial charge in [0.25, 0.3) is 0 Å². The maximum absolute atomic E-state index is 12.6. The molecule has 38 heavy (non-hydrogen) atoms. The Hall–Kier alpha value is -3.03. The summed E-state index contributed by atoms with van der Waals surface area (Å²) in [5.74, 6) is 0.0389. The summed E-state index contributed by atoms with van der Waals surface area (Å²) in [5.41, 5.74) is 2.57. The van der Waals surface area contributed by atoms with Gasteiger partial charge in [0.15, 0.2) is 0 Å². The first-order valence-corrected chi connectivity index (χ1v) is 13.7. The lowest BCUT2D eigenvalue weighted by Crippen LogP contribution is -2.47. The third kappa shape index (κ3) is 6.69. The summed E-state index contributed by atoms with van der Waals surface area (Å²) < 4.78 is 5.57. The van der Waals surface area contributed by atoms with E-state index in [9.17, 15) is 15.0 Å². The highest BCUT2D eigenvalue weighted by Crippen LogP contribution is 2.35. The molecular weight excluding hydrogens is 476 g/mol. The largest absolute Gasteiger partial charge is 0.423 e. The average Bonchev–Trinajstić information content (AvgIpc) is 2.96. The molecule has 0 aromatic heterocycles. The maximum Gasteiger partial charge on any atom is 0.343 e. The number of benzene rings is 3. The van der Waals surface area contributed by atoms with E-state index >= 15 is 0 Å². The SMILES string of the molecule is CCN(CC)Cc1ccc(C(=O)Oc2ccc([C@@H](O)[C@H](C)N3CCC(O)(c4ccccc4)CC3)cc2)cc1. The van der Waals surface area contributed by atoms with E-state index in [-0.39, 0.29) is 6.04 Å². The zero-order valence-electron chi connectivity index (χ0n) is 22.7. The highest BCUT2D eigenvalue weighted by atomic mass is 16.5. The molecule has 0 amide bonds. The lowest BCUT2D eigenvalue weighted by molar-refractivity contribution is -0.0501. The van der Waals surface area contributed by atoms with Crippen LogP contribution in [0.4, 0.5) is 0 Å². The van der Waals surface area contributed by atoms with Gasteiger partial charge in [-0.1, -0.05) is 68.4 Å². The Morgan fingerprint density at radius 1 is 0.947 bits per heavy atom. The van der Waals surface area contributed by atoms with Gasteiger partial charge in [0.05, 0.1) is 17.3 Å². The van der Waals surface area contributed by atoms with Crippen LogP contribution in [-0.4, -0.2) is 58.2 Å². The molecule has 6 nitrogen and oxygen atoms in total. The molecular formula is C32H40N2O4. The summed E-state index contributed by atoms with van der Waals surface area (Å²) in [6.07, 6.45) is 0.555. The first-order chi connectivity index (χ1) is 18.3. The number of hydrogen-bond acceptors (Lipinski definition) is 6. The first kappa shape index (κ1) is 28.0. The molecule has 0 spiro atoms. The summed E-state index contributed by atoms with van der Waals surface area (Å²) in [5, 5.41) is 22.2. The molecule has 1 aliphatic rings. The Balaban J connectivity index is 1.31. The number of piperidine rings is 1. The number of aliphatic hydroxyl groups excluding tert-OH is 1. The second-order valence-corrected chi connectivity index (χ2v) is 10.2. The van der Waals surface area contributed by atoms with Gasteiger partial charge in [-0.3, -0.25) is 9.80 Å². The first-order valence-electron chi connectivity index (χ1n) is 13.7. The molecule has 2 N–H and O–H groups in total. The molecule has 1 heterocycles.